The number of aromatic nitrogens is 4. The molecule has 2 aromatic heterocycles. The van der Waals surface area contributed by atoms with E-state index in [0.29, 0.717) is 18.2 Å². The van der Waals surface area contributed by atoms with Gasteiger partial charge in [-0.25, -0.2) is 0 Å². The van der Waals surface area contributed by atoms with Gasteiger partial charge in [0.2, 0.25) is 0 Å². The maximum atomic E-state index is 5.86. The number of allylic oxidation sites excluding steroid dienone is 1. The lowest BCUT2D eigenvalue weighted by molar-refractivity contribution is 0.344. The molecule has 0 N–H and O–H groups in total. The summed E-state index contributed by atoms with van der Waals surface area (Å²) in [4.78, 5) is 4.04. The van der Waals surface area contributed by atoms with Crippen molar-refractivity contribution in [2.45, 2.75) is 11.7 Å². The molecule has 0 saturated carbocycles. The largest absolute Gasteiger partial charge is 0.493 e. The molecule has 0 bridgehead atoms. The van der Waals surface area contributed by atoms with Gasteiger partial charge >= 0.3 is 0 Å². The Balaban J connectivity index is 1.63. The van der Waals surface area contributed by atoms with Gasteiger partial charge in [-0.2, -0.15) is 0 Å². The summed E-state index contributed by atoms with van der Waals surface area (Å²) in [5, 5.41) is 10.2. The standard InChI is InChI=1S/C18H17ClN4OS/c1-2-11-23-17(14-7-9-20-10-8-14)21-22-18(23)25-13-12-24-16-5-3-15(19)4-6-16/h2-10H,1,11-13H2. The minimum Gasteiger partial charge on any atom is -0.493 e. The fraction of sp³-hybridized carbons (Fsp3) is 0.167. The molecule has 0 saturated heterocycles. The van der Waals surface area contributed by atoms with Crippen LogP contribution in [0.3, 0.4) is 0 Å². The van der Waals surface area contributed by atoms with Crippen molar-refractivity contribution in [2.24, 2.45) is 0 Å². The van der Waals surface area contributed by atoms with Gasteiger partial charge in [0.1, 0.15) is 5.75 Å². The van der Waals surface area contributed by atoms with E-state index in [1.54, 1.807) is 24.2 Å². The first-order valence-electron chi connectivity index (χ1n) is 7.73. The second-order valence-corrected chi connectivity index (χ2v) is 6.59. The molecule has 3 rings (SSSR count). The summed E-state index contributed by atoms with van der Waals surface area (Å²) in [5.74, 6) is 2.37. The quantitative estimate of drug-likeness (QED) is 0.334. The second-order valence-electron chi connectivity index (χ2n) is 5.09. The minimum absolute atomic E-state index is 0.567. The highest BCUT2D eigenvalue weighted by Crippen LogP contribution is 2.24. The molecule has 7 heteroatoms. The molecule has 128 valence electrons. The Morgan fingerprint density at radius 2 is 1.88 bits per heavy atom. The van der Waals surface area contributed by atoms with Crippen molar-refractivity contribution in [3.05, 3.63) is 66.5 Å². The summed E-state index contributed by atoms with van der Waals surface area (Å²) in [6.45, 7) is 5.03. The van der Waals surface area contributed by atoms with Crippen molar-refractivity contribution in [1.82, 2.24) is 19.7 Å². The van der Waals surface area contributed by atoms with Crippen molar-refractivity contribution in [1.29, 1.82) is 0 Å². The summed E-state index contributed by atoms with van der Waals surface area (Å²) < 4.78 is 7.75. The van der Waals surface area contributed by atoms with Crippen molar-refractivity contribution in [3.63, 3.8) is 0 Å². The fourth-order valence-electron chi connectivity index (χ4n) is 2.23. The Labute approximate surface area is 155 Å². The van der Waals surface area contributed by atoms with Crippen LogP contribution in [0.4, 0.5) is 0 Å². The zero-order valence-corrected chi connectivity index (χ0v) is 15.1. The zero-order valence-electron chi connectivity index (χ0n) is 13.5. The number of ether oxygens (including phenoxy) is 1. The molecule has 2 heterocycles. The van der Waals surface area contributed by atoms with Crippen LogP contribution in [0.25, 0.3) is 11.4 Å². The molecule has 0 unspecified atom stereocenters. The van der Waals surface area contributed by atoms with E-state index < -0.39 is 0 Å². The highest BCUT2D eigenvalue weighted by Gasteiger charge is 2.13. The molecule has 0 fully saturated rings. The van der Waals surface area contributed by atoms with Gasteiger partial charge in [-0.15, -0.1) is 16.8 Å². The number of thioether (sulfide) groups is 1. The molecular formula is C18H17ClN4OS. The number of hydrogen-bond donors (Lipinski definition) is 0. The van der Waals surface area contributed by atoms with Crippen molar-refractivity contribution < 1.29 is 4.74 Å². The van der Waals surface area contributed by atoms with Gasteiger partial charge in [0.05, 0.1) is 6.61 Å². The smallest absolute Gasteiger partial charge is 0.191 e. The predicted octanol–water partition coefficient (Wildman–Crippen LogP) is 4.35. The lowest BCUT2D eigenvalue weighted by Gasteiger charge is -2.08. The first-order valence-corrected chi connectivity index (χ1v) is 9.10. The monoisotopic (exact) mass is 372 g/mol. The maximum Gasteiger partial charge on any atom is 0.191 e. The van der Waals surface area contributed by atoms with Crippen LogP contribution in [-0.2, 0) is 6.54 Å². The van der Waals surface area contributed by atoms with Crippen LogP contribution in [0.15, 0.2) is 66.6 Å². The van der Waals surface area contributed by atoms with E-state index in [0.717, 1.165) is 28.0 Å². The van der Waals surface area contributed by atoms with Gasteiger partial charge in [-0.1, -0.05) is 29.4 Å². The third kappa shape index (κ3) is 4.61. The fourth-order valence-corrected chi connectivity index (χ4v) is 3.12. The van der Waals surface area contributed by atoms with Gasteiger partial charge in [0.15, 0.2) is 11.0 Å². The van der Waals surface area contributed by atoms with Gasteiger partial charge in [-0.3, -0.25) is 9.55 Å². The van der Waals surface area contributed by atoms with Crippen molar-refractivity contribution >= 4 is 23.4 Å². The van der Waals surface area contributed by atoms with Crippen molar-refractivity contribution in [3.8, 4) is 17.1 Å². The van der Waals surface area contributed by atoms with Gasteiger partial charge in [0.25, 0.3) is 0 Å². The first-order chi connectivity index (χ1) is 12.3. The van der Waals surface area contributed by atoms with E-state index >= 15 is 0 Å². The molecular weight excluding hydrogens is 356 g/mol. The maximum absolute atomic E-state index is 5.86. The van der Waals surface area contributed by atoms with Crippen molar-refractivity contribution in [2.75, 3.05) is 12.4 Å². The second kappa shape index (κ2) is 8.69. The average Bonchev–Trinajstić information content (AvgIpc) is 3.04. The molecule has 5 nitrogen and oxygen atoms in total. The molecule has 1 aromatic carbocycles. The van der Waals surface area contributed by atoms with E-state index in [1.807, 2.05) is 47.0 Å². The third-order valence-electron chi connectivity index (χ3n) is 3.36. The summed E-state index contributed by atoms with van der Waals surface area (Å²) in [5.41, 5.74) is 0.980. The van der Waals surface area contributed by atoms with Gasteiger partial charge in [-0.05, 0) is 36.4 Å². The predicted molar refractivity (Wildman–Crippen MR) is 101 cm³/mol. The van der Waals surface area contributed by atoms with E-state index in [4.69, 9.17) is 16.3 Å². The van der Waals surface area contributed by atoms with Crippen LogP contribution >= 0.6 is 23.4 Å². The number of hydrogen-bond acceptors (Lipinski definition) is 5. The lowest BCUT2D eigenvalue weighted by Crippen LogP contribution is -2.04. The number of halogens is 1. The molecule has 0 spiro atoms. The molecule has 0 aliphatic heterocycles. The van der Waals surface area contributed by atoms with Gasteiger partial charge < -0.3 is 4.74 Å². The Morgan fingerprint density at radius 1 is 1.12 bits per heavy atom. The molecule has 0 aliphatic rings. The third-order valence-corrected chi connectivity index (χ3v) is 4.55. The Kier molecular flexibility index (Phi) is 6.09. The van der Waals surface area contributed by atoms with E-state index in [-0.39, 0.29) is 0 Å². The lowest BCUT2D eigenvalue weighted by atomic mass is 10.2. The molecule has 0 aliphatic carbocycles. The van der Waals surface area contributed by atoms with Crippen LogP contribution in [0, 0.1) is 0 Å². The molecule has 0 atom stereocenters. The Bertz CT molecular complexity index is 821. The number of benzene rings is 1. The van der Waals surface area contributed by atoms with E-state index in [2.05, 4.69) is 21.8 Å². The van der Waals surface area contributed by atoms with E-state index in [1.165, 1.54) is 0 Å². The number of nitrogens with zero attached hydrogens (tertiary/aromatic N) is 4. The van der Waals surface area contributed by atoms with Gasteiger partial charge in [0, 0.05) is 35.3 Å². The highest BCUT2D eigenvalue weighted by molar-refractivity contribution is 7.99. The van der Waals surface area contributed by atoms with Crippen LogP contribution in [0.5, 0.6) is 5.75 Å². The summed E-state index contributed by atoms with van der Waals surface area (Å²) in [7, 11) is 0. The Morgan fingerprint density at radius 3 is 2.60 bits per heavy atom. The Hall–Kier alpha value is -2.31. The zero-order chi connectivity index (χ0) is 17.5. The number of pyridine rings is 1. The SMILES string of the molecule is C=CCn1c(SCCOc2ccc(Cl)cc2)nnc1-c1ccncc1. The van der Waals surface area contributed by atoms with Crippen LogP contribution in [0.1, 0.15) is 0 Å². The molecule has 3 aromatic rings. The minimum atomic E-state index is 0.567. The summed E-state index contributed by atoms with van der Waals surface area (Å²) in [6.07, 6.45) is 5.33. The van der Waals surface area contributed by atoms with E-state index in [9.17, 15) is 0 Å². The first kappa shape index (κ1) is 17.5. The highest BCUT2D eigenvalue weighted by atomic mass is 35.5. The van der Waals surface area contributed by atoms with Crippen LogP contribution < -0.4 is 4.74 Å². The normalized spacial score (nSPS) is 10.6. The summed E-state index contributed by atoms with van der Waals surface area (Å²) in [6, 6.07) is 11.2. The molecule has 0 amide bonds. The topological polar surface area (TPSA) is 52.8 Å². The molecule has 25 heavy (non-hydrogen) atoms. The van der Waals surface area contributed by atoms with Crippen LogP contribution in [-0.4, -0.2) is 32.1 Å². The number of rotatable bonds is 8. The molecule has 0 radical (unpaired) electrons. The van der Waals surface area contributed by atoms with Crippen LogP contribution in [0.2, 0.25) is 5.02 Å². The summed E-state index contributed by atoms with van der Waals surface area (Å²) >= 11 is 7.46. The average molecular weight is 373 g/mol.